The lowest BCUT2D eigenvalue weighted by molar-refractivity contribution is 0.268. The van der Waals surface area contributed by atoms with Gasteiger partial charge in [-0.1, -0.05) is 12.1 Å². The number of halogens is 1. The molecular weight excluding hydrogens is 202 g/mol. The predicted molar refractivity (Wildman–Crippen MR) is 58.8 cm³/mol. The smallest absolute Gasteiger partial charge is 0.121 e. The lowest BCUT2D eigenvalue weighted by atomic mass is 10.0. The summed E-state index contributed by atoms with van der Waals surface area (Å²) >= 11 is 0. The van der Waals surface area contributed by atoms with Gasteiger partial charge < -0.3 is 15.9 Å². The molecule has 0 radical (unpaired) electrons. The molecule has 1 aromatic carbocycles. The standard InChI is InChI=1S/C10H15NO2.ClH/c1-6-3-8(9(11)5-12)4-7(2)10(6)13;/h3-4,9,12-13H,5,11H2,1-2H3;1H/t9-;/m0./s1. The van der Waals surface area contributed by atoms with Crippen molar-refractivity contribution in [2.45, 2.75) is 19.9 Å². The Hall–Kier alpha value is -0.770. The number of hydrogen-bond acceptors (Lipinski definition) is 3. The molecule has 0 heterocycles. The van der Waals surface area contributed by atoms with E-state index in [1.165, 1.54) is 0 Å². The molecule has 0 aliphatic rings. The highest BCUT2D eigenvalue weighted by Gasteiger charge is 2.08. The van der Waals surface area contributed by atoms with Crippen molar-refractivity contribution in [3.63, 3.8) is 0 Å². The van der Waals surface area contributed by atoms with E-state index in [1.807, 2.05) is 13.8 Å². The van der Waals surface area contributed by atoms with Gasteiger partial charge in [0, 0.05) is 0 Å². The summed E-state index contributed by atoms with van der Waals surface area (Å²) in [7, 11) is 0. The van der Waals surface area contributed by atoms with E-state index in [-0.39, 0.29) is 25.1 Å². The fourth-order valence-electron chi connectivity index (χ4n) is 1.31. The fraction of sp³-hybridized carbons (Fsp3) is 0.400. The summed E-state index contributed by atoms with van der Waals surface area (Å²) < 4.78 is 0. The van der Waals surface area contributed by atoms with Gasteiger partial charge in [-0.05, 0) is 30.5 Å². The Labute approximate surface area is 90.0 Å². The second-order valence-corrected chi connectivity index (χ2v) is 3.29. The molecule has 14 heavy (non-hydrogen) atoms. The Morgan fingerprint density at radius 1 is 1.29 bits per heavy atom. The zero-order chi connectivity index (χ0) is 10.0. The molecule has 80 valence electrons. The molecule has 0 saturated carbocycles. The molecule has 0 bridgehead atoms. The Bertz CT molecular complexity index is 292. The van der Waals surface area contributed by atoms with Gasteiger partial charge in [-0.15, -0.1) is 12.4 Å². The van der Waals surface area contributed by atoms with Crippen molar-refractivity contribution in [1.29, 1.82) is 0 Å². The van der Waals surface area contributed by atoms with E-state index in [9.17, 15) is 5.11 Å². The molecule has 3 nitrogen and oxygen atoms in total. The molecule has 0 aliphatic carbocycles. The molecule has 0 spiro atoms. The number of aliphatic hydroxyl groups is 1. The van der Waals surface area contributed by atoms with Crippen LogP contribution < -0.4 is 5.73 Å². The molecule has 0 amide bonds. The molecule has 4 N–H and O–H groups in total. The summed E-state index contributed by atoms with van der Waals surface area (Å²) in [6.07, 6.45) is 0. The summed E-state index contributed by atoms with van der Waals surface area (Å²) in [5.41, 5.74) is 8.09. The van der Waals surface area contributed by atoms with Crippen molar-refractivity contribution < 1.29 is 10.2 Å². The van der Waals surface area contributed by atoms with Crippen LogP contribution in [0.2, 0.25) is 0 Å². The Kier molecular flexibility index (Phi) is 4.91. The molecule has 0 saturated heterocycles. The van der Waals surface area contributed by atoms with Crippen LogP contribution in [-0.4, -0.2) is 16.8 Å². The van der Waals surface area contributed by atoms with Crippen LogP contribution in [0.25, 0.3) is 0 Å². The molecule has 0 unspecified atom stereocenters. The van der Waals surface area contributed by atoms with E-state index in [1.54, 1.807) is 12.1 Å². The highest BCUT2D eigenvalue weighted by Crippen LogP contribution is 2.25. The van der Waals surface area contributed by atoms with Crippen LogP contribution in [0, 0.1) is 13.8 Å². The lowest BCUT2D eigenvalue weighted by Crippen LogP contribution is -2.14. The number of phenols is 1. The van der Waals surface area contributed by atoms with Gasteiger partial charge in [0.25, 0.3) is 0 Å². The van der Waals surface area contributed by atoms with Gasteiger partial charge in [0.2, 0.25) is 0 Å². The Morgan fingerprint density at radius 2 is 1.71 bits per heavy atom. The summed E-state index contributed by atoms with van der Waals surface area (Å²) in [5, 5.41) is 18.3. The minimum absolute atomic E-state index is 0. The first-order chi connectivity index (χ1) is 6.06. The van der Waals surface area contributed by atoms with Gasteiger partial charge in [-0.2, -0.15) is 0 Å². The molecule has 4 heteroatoms. The van der Waals surface area contributed by atoms with Crippen molar-refractivity contribution in [1.82, 2.24) is 0 Å². The second-order valence-electron chi connectivity index (χ2n) is 3.29. The van der Waals surface area contributed by atoms with Gasteiger partial charge in [0.15, 0.2) is 0 Å². The minimum atomic E-state index is -0.363. The van der Waals surface area contributed by atoms with Gasteiger partial charge in [-0.25, -0.2) is 0 Å². The number of aryl methyl sites for hydroxylation is 2. The normalized spacial score (nSPS) is 12.0. The topological polar surface area (TPSA) is 66.5 Å². The number of phenolic OH excluding ortho intramolecular Hbond substituents is 1. The van der Waals surface area contributed by atoms with Crippen LogP contribution in [0.1, 0.15) is 22.7 Å². The van der Waals surface area contributed by atoms with E-state index in [4.69, 9.17) is 10.8 Å². The summed E-state index contributed by atoms with van der Waals surface area (Å²) in [4.78, 5) is 0. The summed E-state index contributed by atoms with van der Waals surface area (Å²) in [6, 6.07) is 3.23. The van der Waals surface area contributed by atoms with Gasteiger partial charge in [0.1, 0.15) is 5.75 Å². The monoisotopic (exact) mass is 217 g/mol. The second kappa shape index (κ2) is 5.20. The first-order valence-corrected chi connectivity index (χ1v) is 4.22. The predicted octanol–water partition coefficient (Wildman–Crippen LogP) is 1.42. The van der Waals surface area contributed by atoms with Crippen LogP contribution >= 0.6 is 12.4 Å². The average molecular weight is 218 g/mol. The quantitative estimate of drug-likeness (QED) is 0.702. The number of benzene rings is 1. The number of aliphatic hydroxyl groups excluding tert-OH is 1. The maximum absolute atomic E-state index is 9.48. The molecule has 1 atom stereocenters. The number of nitrogens with two attached hydrogens (primary N) is 1. The van der Waals surface area contributed by atoms with E-state index < -0.39 is 0 Å². The largest absolute Gasteiger partial charge is 0.507 e. The van der Waals surface area contributed by atoms with Crippen molar-refractivity contribution in [3.05, 3.63) is 28.8 Å². The lowest BCUT2D eigenvalue weighted by Gasteiger charge is -2.12. The maximum atomic E-state index is 9.48. The highest BCUT2D eigenvalue weighted by molar-refractivity contribution is 5.85. The van der Waals surface area contributed by atoms with Crippen LogP contribution in [0.4, 0.5) is 0 Å². The van der Waals surface area contributed by atoms with Crippen LogP contribution in [0.5, 0.6) is 5.75 Å². The third-order valence-corrected chi connectivity index (χ3v) is 2.14. The molecule has 1 rings (SSSR count). The number of rotatable bonds is 2. The molecular formula is C10H16ClNO2. The van der Waals surface area contributed by atoms with Gasteiger partial charge >= 0.3 is 0 Å². The molecule has 0 aromatic heterocycles. The third-order valence-electron chi connectivity index (χ3n) is 2.14. The first-order valence-electron chi connectivity index (χ1n) is 4.22. The van der Waals surface area contributed by atoms with E-state index in [0.717, 1.165) is 16.7 Å². The average Bonchev–Trinajstić information content (AvgIpc) is 2.12. The minimum Gasteiger partial charge on any atom is -0.507 e. The van der Waals surface area contributed by atoms with Gasteiger partial charge in [-0.3, -0.25) is 0 Å². The summed E-state index contributed by atoms with van der Waals surface area (Å²) in [5.74, 6) is 0.300. The van der Waals surface area contributed by atoms with E-state index >= 15 is 0 Å². The third kappa shape index (κ3) is 2.61. The highest BCUT2D eigenvalue weighted by atomic mass is 35.5. The first kappa shape index (κ1) is 13.2. The number of aromatic hydroxyl groups is 1. The van der Waals surface area contributed by atoms with E-state index in [2.05, 4.69) is 0 Å². The Balaban J connectivity index is 0.00000169. The van der Waals surface area contributed by atoms with Crippen molar-refractivity contribution in [2.75, 3.05) is 6.61 Å². The Morgan fingerprint density at radius 3 is 2.07 bits per heavy atom. The van der Waals surface area contributed by atoms with Crippen LogP contribution in [0.15, 0.2) is 12.1 Å². The number of hydrogen-bond donors (Lipinski definition) is 3. The molecule has 1 aromatic rings. The summed E-state index contributed by atoms with van der Waals surface area (Å²) in [6.45, 7) is 3.55. The SMILES string of the molecule is Cc1cc([C@@H](N)CO)cc(C)c1O.Cl. The zero-order valence-corrected chi connectivity index (χ0v) is 9.14. The van der Waals surface area contributed by atoms with E-state index in [0.29, 0.717) is 5.75 Å². The van der Waals surface area contributed by atoms with Gasteiger partial charge in [0.05, 0.1) is 12.6 Å². The molecule has 0 fully saturated rings. The van der Waals surface area contributed by atoms with Crippen molar-refractivity contribution in [3.8, 4) is 5.75 Å². The van der Waals surface area contributed by atoms with Crippen LogP contribution in [-0.2, 0) is 0 Å². The zero-order valence-electron chi connectivity index (χ0n) is 8.32. The fourth-order valence-corrected chi connectivity index (χ4v) is 1.31. The van der Waals surface area contributed by atoms with Crippen molar-refractivity contribution >= 4 is 12.4 Å². The molecule has 0 aliphatic heterocycles. The maximum Gasteiger partial charge on any atom is 0.121 e. The van der Waals surface area contributed by atoms with Crippen molar-refractivity contribution in [2.24, 2.45) is 5.73 Å². The van der Waals surface area contributed by atoms with Crippen LogP contribution in [0.3, 0.4) is 0 Å².